The number of carboxylic acids is 1. The van der Waals surface area contributed by atoms with E-state index in [9.17, 15) is 4.79 Å². The molecule has 7 heteroatoms. The summed E-state index contributed by atoms with van der Waals surface area (Å²) in [6, 6.07) is 0. The van der Waals surface area contributed by atoms with Gasteiger partial charge in [-0.05, 0) is 6.42 Å². The number of tetrazole rings is 1. The molecule has 1 fully saturated rings. The molecule has 0 saturated carbocycles. The number of aliphatic carboxylic acids is 1. The molecule has 0 aliphatic carbocycles. The monoisotopic (exact) mass is 184 g/mol. The first-order chi connectivity index (χ1) is 6.29. The van der Waals surface area contributed by atoms with E-state index in [4.69, 9.17) is 9.84 Å². The van der Waals surface area contributed by atoms with Crippen molar-refractivity contribution in [3.8, 4) is 0 Å². The van der Waals surface area contributed by atoms with Gasteiger partial charge in [0.25, 0.3) is 0 Å². The first-order valence-electron chi connectivity index (χ1n) is 3.87. The van der Waals surface area contributed by atoms with Crippen LogP contribution in [0.1, 0.15) is 18.3 Å². The van der Waals surface area contributed by atoms with Crippen LogP contribution in [0, 0.1) is 5.92 Å². The van der Waals surface area contributed by atoms with Gasteiger partial charge < -0.3 is 9.84 Å². The summed E-state index contributed by atoms with van der Waals surface area (Å²) in [7, 11) is 0. The second-order valence-corrected chi connectivity index (χ2v) is 2.79. The maximum Gasteiger partial charge on any atom is 0.309 e. The summed E-state index contributed by atoms with van der Waals surface area (Å²) in [6.45, 7) is 0.427. The van der Waals surface area contributed by atoms with E-state index in [2.05, 4.69) is 20.6 Å². The molecule has 1 aromatic rings. The number of carboxylic acid groups (broad SMARTS) is 1. The summed E-state index contributed by atoms with van der Waals surface area (Å²) < 4.78 is 5.21. The number of carbonyl (C=O) groups is 1. The number of hydrogen-bond donors (Lipinski definition) is 2. The summed E-state index contributed by atoms with van der Waals surface area (Å²) in [5.74, 6) is -1.13. The number of rotatable bonds is 2. The van der Waals surface area contributed by atoms with E-state index in [1.807, 2.05) is 0 Å². The van der Waals surface area contributed by atoms with Crippen LogP contribution in [0.25, 0.3) is 0 Å². The number of nitrogens with zero attached hydrogens (tertiary/aromatic N) is 3. The Kier molecular flexibility index (Phi) is 1.93. The molecule has 1 aromatic heterocycles. The zero-order chi connectivity index (χ0) is 9.26. The predicted octanol–water partition coefficient (Wildman–Crippen LogP) is -0.638. The highest BCUT2D eigenvalue weighted by Crippen LogP contribution is 2.31. The SMILES string of the molecule is O=C(O)[C@@H]1CCO[C@@H]1c1nn[nH]n1. The van der Waals surface area contributed by atoms with Crippen molar-refractivity contribution in [1.82, 2.24) is 20.6 Å². The quantitative estimate of drug-likeness (QED) is 0.634. The summed E-state index contributed by atoms with van der Waals surface area (Å²) in [5.41, 5.74) is 0. The molecule has 70 valence electrons. The minimum absolute atomic E-state index is 0.310. The smallest absolute Gasteiger partial charge is 0.309 e. The molecule has 2 N–H and O–H groups in total. The van der Waals surface area contributed by atoms with Crippen LogP contribution in [0.4, 0.5) is 0 Å². The van der Waals surface area contributed by atoms with Gasteiger partial charge in [-0.2, -0.15) is 5.21 Å². The number of ether oxygens (including phenoxy) is 1. The number of aromatic nitrogens is 4. The molecule has 2 atom stereocenters. The first-order valence-corrected chi connectivity index (χ1v) is 3.87. The second kappa shape index (κ2) is 3.09. The molecule has 0 spiro atoms. The van der Waals surface area contributed by atoms with Crippen LogP contribution >= 0.6 is 0 Å². The van der Waals surface area contributed by atoms with Crippen molar-refractivity contribution in [1.29, 1.82) is 0 Å². The summed E-state index contributed by atoms with van der Waals surface area (Å²) in [5, 5.41) is 21.8. The Balaban J connectivity index is 2.19. The summed E-state index contributed by atoms with van der Waals surface area (Å²) >= 11 is 0. The van der Waals surface area contributed by atoms with Crippen LogP contribution in [0.3, 0.4) is 0 Å². The van der Waals surface area contributed by atoms with Gasteiger partial charge in [0.15, 0.2) is 0 Å². The average Bonchev–Trinajstić information content (AvgIpc) is 2.74. The van der Waals surface area contributed by atoms with Gasteiger partial charge in [0.05, 0.1) is 5.92 Å². The topological polar surface area (TPSA) is 101 Å². The minimum Gasteiger partial charge on any atom is -0.481 e. The Hall–Kier alpha value is -1.50. The average molecular weight is 184 g/mol. The fourth-order valence-electron chi connectivity index (χ4n) is 1.39. The molecule has 2 rings (SSSR count). The molecule has 0 amide bonds. The standard InChI is InChI=1S/C6H8N4O3/c11-6(12)3-1-2-13-4(3)5-7-9-10-8-5/h3-4H,1-2H2,(H,11,12)(H,7,8,9,10)/t3-,4+/m1/s1. The maximum atomic E-state index is 10.7. The van der Waals surface area contributed by atoms with Gasteiger partial charge in [0.1, 0.15) is 6.10 Å². The second-order valence-electron chi connectivity index (χ2n) is 2.79. The van der Waals surface area contributed by atoms with Crippen LogP contribution in [0.2, 0.25) is 0 Å². The Morgan fingerprint density at radius 3 is 3.15 bits per heavy atom. The van der Waals surface area contributed by atoms with E-state index in [1.165, 1.54) is 0 Å². The molecule has 2 heterocycles. The van der Waals surface area contributed by atoms with Crippen LogP contribution in [-0.2, 0) is 9.53 Å². The highest BCUT2D eigenvalue weighted by Gasteiger charge is 2.37. The van der Waals surface area contributed by atoms with Crippen molar-refractivity contribution in [2.75, 3.05) is 6.61 Å². The zero-order valence-corrected chi connectivity index (χ0v) is 6.67. The van der Waals surface area contributed by atoms with E-state index in [-0.39, 0.29) is 0 Å². The normalized spacial score (nSPS) is 27.7. The van der Waals surface area contributed by atoms with E-state index in [0.29, 0.717) is 18.9 Å². The van der Waals surface area contributed by atoms with Gasteiger partial charge in [-0.1, -0.05) is 5.21 Å². The maximum absolute atomic E-state index is 10.7. The molecular weight excluding hydrogens is 176 g/mol. The number of nitrogens with one attached hydrogen (secondary N) is 1. The van der Waals surface area contributed by atoms with Crippen molar-refractivity contribution in [3.05, 3.63) is 5.82 Å². The Labute approximate surface area is 73.1 Å². The summed E-state index contributed by atoms with van der Waals surface area (Å²) in [4.78, 5) is 10.7. The number of hydrogen-bond acceptors (Lipinski definition) is 5. The van der Waals surface area contributed by atoms with Gasteiger partial charge in [-0.3, -0.25) is 4.79 Å². The highest BCUT2D eigenvalue weighted by molar-refractivity contribution is 5.71. The lowest BCUT2D eigenvalue weighted by molar-refractivity contribution is -0.143. The third-order valence-corrected chi connectivity index (χ3v) is 2.03. The third-order valence-electron chi connectivity index (χ3n) is 2.03. The fourth-order valence-corrected chi connectivity index (χ4v) is 1.39. The first kappa shape index (κ1) is 8.11. The largest absolute Gasteiger partial charge is 0.481 e. The number of H-pyrrole nitrogens is 1. The third kappa shape index (κ3) is 1.37. The lowest BCUT2D eigenvalue weighted by Gasteiger charge is -2.09. The molecule has 0 bridgehead atoms. The predicted molar refractivity (Wildman–Crippen MR) is 38.6 cm³/mol. The van der Waals surface area contributed by atoms with Crippen LogP contribution < -0.4 is 0 Å². The fraction of sp³-hybridized carbons (Fsp3) is 0.667. The van der Waals surface area contributed by atoms with E-state index >= 15 is 0 Å². The summed E-state index contributed by atoms with van der Waals surface area (Å²) in [6.07, 6.45) is -0.0644. The molecular formula is C6H8N4O3. The molecule has 0 aromatic carbocycles. The van der Waals surface area contributed by atoms with E-state index < -0.39 is 18.0 Å². The lowest BCUT2D eigenvalue weighted by Crippen LogP contribution is -2.18. The zero-order valence-electron chi connectivity index (χ0n) is 6.67. The van der Waals surface area contributed by atoms with E-state index in [1.54, 1.807) is 0 Å². The molecule has 1 aliphatic heterocycles. The highest BCUT2D eigenvalue weighted by atomic mass is 16.5. The Morgan fingerprint density at radius 1 is 1.69 bits per heavy atom. The van der Waals surface area contributed by atoms with E-state index in [0.717, 1.165) is 0 Å². The molecule has 0 radical (unpaired) electrons. The minimum atomic E-state index is -0.882. The van der Waals surface area contributed by atoms with Crippen LogP contribution in [-0.4, -0.2) is 38.3 Å². The Morgan fingerprint density at radius 2 is 2.54 bits per heavy atom. The molecule has 13 heavy (non-hydrogen) atoms. The lowest BCUT2D eigenvalue weighted by atomic mass is 10.0. The number of aromatic amines is 1. The van der Waals surface area contributed by atoms with Crippen molar-refractivity contribution in [2.45, 2.75) is 12.5 Å². The van der Waals surface area contributed by atoms with Gasteiger partial charge in [0, 0.05) is 6.61 Å². The van der Waals surface area contributed by atoms with Crippen molar-refractivity contribution >= 4 is 5.97 Å². The van der Waals surface area contributed by atoms with Crippen molar-refractivity contribution < 1.29 is 14.6 Å². The Bertz CT molecular complexity index is 299. The van der Waals surface area contributed by atoms with Crippen molar-refractivity contribution in [2.24, 2.45) is 5.92 Å². The van der Waals surface area contributed by atoms with Gasteiger partial charge >= 0.3 is 5.97 Å². The molecule has 1 aliphatic rings. The van der Waals surface area contributed by atoms with Gasteiger partial charge in [0.2, 0.25) is 5.82 Å². The molecule has 1 saturated heterocycles. The van der Waals surface area contributed by atoms with Crippen LogP contribution in [0.15, 0.2) is 0 Å². The van der Waals surface area contributed by atoms with Crippen molar-refractivity contribution in [3.63, 3.8) is 0 Å². The van der Waals surface area contributed by atoms with Crippen LogP contribution in [0.5, 0.6) is 0 Å². The molecule has 0 unspecified atom stereocenters. The van der Waals surface area contributed by atoms with Gasteiger partial charge in [-0.15, -0.1) is 10.2 Å². The van der Waals surface area contributed by atoms with Gasteiger partial charge in [-0.25, -0.2) is 0 Å². The molecule has 7 nitrogen and oxygen atoms in total.